The van der Waals surface area contributed by atoms with Crippen molar-refractivity contribution in [1.82, 2.24) is 19.8 Å². The van der Waals surface area contributed by atoms with Crippen LogP contribution in [0.1, 0.15) is 60.7 Å². The molecule has 9 nitrogen and oxygen atoms in total. The van der Waals surface area contributed by atoms with Gasteiger partial charge in [0.2, 0.25) is 0 Å². The highest BCUT2D eigenvalue weighted by Crippen LogP contribution is 2.34. The fourth-order valence-electron chi connectivity index (χ4n) is 7.40. The lowest BCUT2D eigenvalue weighted by molar-refractivity contribution is 0.0909. The second-order valence-corrected chi connectivity index (χ2v) is 13.6. The molecule has 2 amide bonds. The van der Waals surface area contributed by atoms with Crippen molar-refractivity contribution in [2.75, 3.05) is 13.1 Å². The molecule has 8 rings (SSSR count). The van der Waals surface area contributed by atoms with Crippen LogP contribution in [0.5, 0.6) is 0 Å². The van der Waals surface area contributed by atoms with Crippen molar-refractivity contribution in [2.45, 2.75) is 57.4 Å². The monoisotopic (exact) mass is 691 g/mol. The van der Waals surface area contributed by atoms with Gasteiger partial charge in [0.05, 0.1) is 24.0 Å². The number of aromatic nitrogens is 2. The molecule has 4 aromatic carbocycles. The zero-order chi connectivity index (χ0) is 35.3. The normalized spacial score (nSPS) is 18.3. The summed E-state index contributed by atoms with van der Waals surface area (Å²) in [4.78, 5) is 42.4. The van der Waals surface area contributed by atoms with Crippen LogP contribution in [0.2, 0.25) is 0 Å². The Morgan fingerprint density at radius 3 is 1.77 bits per heavy atom. The minimum absolute atomic E-state index is 0.0284. The average Bonchev–Trinajstić information content (AvgIpc) is 4.04. The number of nitrogens with one attached hydrogen (secondary N) is 1. The summed E-state index contributed by atoms with van der Waals surface area (Å²) in [5.41, 5.74) is 9.43. The molecule has 1 aromatic heterocycles. The van der Waals surface area contributed by atoms with E-state index < -0.39 is 0 Å². The highest BCUT2D eigenvalue weighted by atomic mass is 16.6. The lowest BCUT2D eigenvalue weighted by atomic mass is 9.96. The van der Waals surface area contributed by atoms with Crippen LogP contribution in [0, 0.1) is 0 Å². The van der Waals surface area contributed by atoms with E-state index >= 15 is 0 Å². The molecule has 3 aliphatic heterocycles. The van der Waals surface area contributed by atoms with E-state index in [0.29, 0.717) is 13.1 Å². The molecule has 0 spiro atoms. The first-order valence-electron chi connectivity index (χ1n) is 18.1. The van der Waals surface area contributed by atoms with E-state index in [0.717, 1.165) is 88.3 Å². The zero-order valence-electron chi connectivity index (χ0n) is 29.0. The number of carbonyl (C=O) groups excluding carboxylic acids is 2. The molecule has 0 bridgehead atoms. The van der Waals surface area contributed by atoms with Crippen molar-refractivity contribution in [3.05, 3.63) is 144 Å². The largest absolute Gasteiger partial charge is 0.445 e. The Bertz CT molecular complexity index is 2070. The third-order valence-corrected chi connectivity index (χ3v) is 10.2. The highest BCUT2D eigenvalue weighted by molar-refractivity contribution is 6.03. The Morgan fingerprint density at radius 1 is 0.654 bits per heavy atom. The molecular formula is C43H41N5O4. The SMILES string of the molecule is O=C(OCc1ccccc1)N1CCC[C@H]1C1=NC=C(c2ccc(-c3ccc(-c4cnc([C@@H]5CCCN5C(=O)OCc5ccccc5)[nH]4)cc3)cc2)C1. The number of H-pyrrole nitrogens is 1. The smallest absolute Gasteiger partial charge is 0.410 e. The molecule has 2 saturated heterocycles. The molecule has 0 saturated carbocycles. The van der Waals surface area contributed by atoms with Gasteiger partial charge in [-0.2, -0.15) is 0 Å². The van der Waals surface area contributed by atoms with Crippen molar-refractivity contribution < 1.29 is 19.1 Å². The summed E-state index contributed by atoms with van der Waals surface area (Å²) in [6, 6.07) is 36.4. The maximum absolute atomic E-state index is 13.0. The van der Waals surface area contributed by atoms with E-state index in [-0.39, 0.29) is 37.5 Å². The minimum atomic E-state index is -0.311. The van der Waals surface area contributed by atoms with Crippen molar-refractivity contribution in [2.24, 2.45) is 4.99 Å². The van der Waals surface area contributed by atoms with E-state index in [1.165, 1.54) is 0 Å². The molecule has 9 heteroatoms. The van der Waals surface area contributed by atoms with E-state index in [1.54, 1.807) is 4.90 Å². The number of allylic oxidation sites excluding steroid dienone is 1. The molecule has 262 valence electrons. The molecule has 2 fully saturated rings. The Morgan fingerprint density at radius 2 is 1.17 bits per heavy atom. The van der Waals surface area contributed by atoms with Gasteiger partial charge in [0.25, 0.3) is 0 Å². The number of ether oxygens (including phenoxy) is 2. The Labute approximate surface area is 303 Å². The van der Waals surface area contributed by atoms with Crippen LogP contribution in [0.4, 0.5) is 9.59 Å². The predicted molar refractivity (Wildman–Crippen MR) is 201 cm³/mol. The van der Waals surface area contributed by atoms with Crippen LogP contribution in [0.25, 0.3) is 28.0 Å². The van der Waals surface area contributed by atoms with Crippen LogP contribution in [-0.4, -0.2) is 56.8 Å². The van der Waals surface area contributed by atoms with Crippen molar-refractivity contribution >= 4 is 23.5 Å². The van der Waals surface area contributed by atoms with Crippen LogP contribution < -0.4 is 0 Å². The van der Waals surface area contributed by atoms with Gasteiger partial charge in [-0.1, -0.05) is 109 Å². The lowest BCUT2D eigenvalue weighted by Crippen LogP contribution is -2.40. The first kappa shape index (κ1) is 33.2. The Hall–Kier alpha value is -5.96. The van der Waals surface area contributed by atoms with E-state index in [4.69, 9.17) is 14.5 Å². The second-order valence-electron chi connectivity index (χ2n) is 13.6. The summed E-state index contributed by atoms with van der Waals surface area (Å²) in [5.74, 6) is 0.779. The summed E-state index contributed by atoms with van der Waals surface area (Å²) in [5, 5.41) is 0. The van der Waals surface area contributed by atoms with Gasteiger partial charge in [-0.15, -0.1) is 0 Å². The summed E-state index contributed by atoms with van der Waals surface area (Å²) >= 11 is 0. The lowest BCUT2D eigenvalue weighted by Gasteiger charge is -2.24. The standard InChI is InChI=1S/C43H41N5O4/c49-42(51-28-30-9-3-1-4-10-30)47-23-7-13-39(47)37-25-36(26-44-37)34-17-15-32(16-18-34)33-19-21-35(22-20-33)38-27-45-41(46-38)40-14-8-24-48(40)43(50)52-29-31-11-5-2-6-12-31/h1-6,9-12,15-22,26-27,39-40H,7-8,13-14,23-25,28-29H2,(H,45,46)/t39-,40-/m0/s1. The van der Waals surface area contributed by atoms with Gasteiger partial charge in [-0.05, 0) is 64.6 Å². The second kappa shape index (κ2) is 15.1. The van der Waals surface area contributed by atoms with E-state index in [2.05, 4.69) is 58.5 Å². The third kappa shape index (κ3) is 7.26. The fraction of sp³-hybridized carbons (Fsp3) is 0.256. The molecule has 5 aromatic rings. The van der Waals surface area contributed by atoms with E-state index in [9.17, 15) is 9.59 Å². The van der Waals surface area contributed by atoms with Gasteiger partial charge in [-0.3, -0.25) is 14.8 Å². The summed E-state index contributed by atoms with van der Waals surface area (Å²) in [6.45, 7) is 1.86. The minimum Gasteiger partial charge on any atom is -0.445 e. The average molecular weight is 692 g/mol. The third-order valence-electron chi connectivity index (χ3n) is 10.2. The molecule has 0 aliphatic carbocycles. The number of nitrogens with zero attached hydrogens (tertiary/aromatic N) is 4. The maximum atomic E-state index is 13.0. The molecule has 0 radical (unpaired) electrons. The number of carbonyl (C=O) groups is 2. The topological polar surface area (TPSA) is 100 Å². The first-order valence-corrected chi connectivity index (χ1v) is 18.1. The molecule has 4 heterocycles. The number of hydrogen-bond acceptors (Lipinski definition) is 6. The first-order chi connectivity index (χ1) is 25.6. The molecule has 2 atom stereocenters. The number of aromatic amines is 1. The summed E-state index contributed by atoms with van der Waals surface area (Å²) in [7, 11) is 0. The molecule has 52 heavy (non-hydrogen) atoms. The van der Waals surface area contributed by atoms with Gasteiger partial charge < -0.3 is 14.5 Å². The summed E-state index contributed by atoms with van der Waals surface area (Å²) < 4.78 is 11.3. The van der Waals surface area contributed by atoms with Crippen LogP contribution >= 0.6 is 0 Å². The number of rotatable bonds is 9. The predicted octanol–water partition coefficient (Wildman–Crippen LogP) is 9.20. The van der Waals surface area contributed by atoms with Gasteiger partial charge in [-0.25, -0.2) is 14.6 Å². The van der Waals surface area contributed by atoms with Gasteiger partial charge in [0, 0.05) is 31.4 Å². The zero-order valence-corrected chi connectivity index (χ0v) is 29.0. The van der Waals surface area contributed by atoms with Crippen molar-refractivity contribution in [3.8, 4) is 22.4 Å². The number of aliphatic imine (C=N–C) groups is 1. The number of benzene rings is 4. The van der Waals surface area contributed by atoms with Gasteiger partial charge in [0.1, 0.15) is 19.0 Å². The number of amides is 2. The van der Waals surface area contributed by atoms with Crippen LogP contribution in [0.3, 0.4) is 0 Å². The molecular weight excluding hydrogens is 651 g/mol. The number of likely N-dealkylation sites (tertiary alicyclic amines) is 2. The van der Waals surface area contributed by atoms with Gasteiger partial charge >= 0.3 is 12.2 Å². The van der Waals surface area contributed by atoms with Crippen molar-refractivity contribution in [1.29, 1.82) is 0 Å². The van der Waals surface area contributed by atoms with Gasteiger partial charge in [0.15, 0.2) is 0 Å². The molecule has 0 unspecified atom stereocenters. The Kier molecular flexibility index (Phi) is 9.65. The molecule has 3 aliphatic rings. The van der Waals surface area contributed by atoms with E-state index in [1.807, 2.05) is 78.0 Å². The fourth-order valence-corrected chi connectivity index (χ4v) is 7.40. The number of imidazole rings is 1. The van der Waals surface area contributed by atoms with Crippen LogP contribution in [0.15, 0.2) is 127 Å². The van der Waals surface area contributed by atoms with Crippen molar-refractivity contribution in [3.63, 3.8) is 0 Å². The van der Waals surface area contributed by atoms with Crippen LogP contribution in [-0.2, 0) is 22.7 Å². The Balaban J connectivity index is 0.857. The quantitative estimate of drug-likeness (QED) is 0.166. The molecule has 1 N–H and O–H groups in total. The maximum Gasteiger partial charge on any atom is 0.410 e. The highest BCUT2D eigenvalue weighted by Gasteiger charge is 2.35. The summed E-state index contributed by atoms with van der Waals surface area (Å²) in [6.07, 6.45) is 7.52. The number of hydrogen-bond donors (Lipinski definition) is 1.